The van der Waals surface area contributed by atoms with Crippen molar-refractivity contribution in [2.75, 3.05) is 6.61 Å². The van der Waals surface area contributed by atoms with Crippen LogP contribution in [-0.2, 0) is 9.53 Å². The molecule has 0 aromatic heterocycles. The van der Waals surface area contributed by atoms with Crippen molar-refractivity contribution < 1.29 is 9.53 Å². The van der Waals surface area contributed by atoms with Gasteiger partial charge in [-0.3, -0.25) is 4.79 Å². The maximum absolute atomic E-state index is 11.6. The van der Waals surface area contributed by atoms with Crippen LogP contribution in [0, 0.1) is 5.92 Å². The molecule has 0 rings (SSSR count). The van der Waals surface area contributed by atoms with Crippen molar-refractivity contribution in [2.45, 2.75) is 59.5 Å². The van der Waals surface area contributed by atoms with Crippen LogP contribution in [-0.4, -0.2) is 18.5 Å². The summed E-state index contributed by atoms with van der Waals surface area (Å²) in [5, 5.41) is 0. The van der Waals surface area contributed by atoms with Crippen LogP contribution < -0.4 is 0 Å². The highest BCUT2D eigenvalue weighted by atomic mass is 16.5. The van der Waals surface area contributed by atoms with Crippen molar-refractivity contribution in [3.63, 3.8) is 0 Å². The van der Waals surface area contributed by atoms with E-state index in [0.717, 1.165) is 19.3 Å². The first-order valence-electron chi connectivity index (χ1n) is 5.81. The molecule has 0 saturated carbocycles. The molecule has 84 valence electrons. The summed E-state index contributed by atoms with van der Waals surface area (Å²) in [4.78, 5) is 11.6. The summed E-state index contributed by atoms with van der Waals surface area (Å²) < 4.78 is 5.61. The fraction of sp³-hybridized carbons (Fsp3) is 0.917. The molecule has 0 spiro atoms. The van der Waals surface area contributed by atoms with Gasteiger partial charge in [0.2, 0.25) is 0 Å². The lowest BCUT2D eigenvalue weighted by Gasteiger charge is -2.22. The van der Waals surface area contributed by atoms with Gasteiger partial charge in [-0.05, 0) is 18.8 Å². The Bertz CT molecular complexity index is 154. The van der Waals surface area contributed by atoms with Crippen LogP contribution in [0.15, 0.2) is 0 Å². The average molecular weight is 200 g/mol. The van der Waals surface area contributed by atoms with Crippen molar-refractivity contribution in [1.29, 1.82) is 0 Å². The van der Waals surface area contributed by atoms with Crippen molar-refractivity contribution in [3.8, 4) is 0 Å². The summed E-state index contributed by atoms with van der Waals surface area (Å²) in [6.45, 7) is 8.92. The Balaban J connectivity index is 4.14. The third-order valence-electron chi connectivity index (χ3n) is 2.43. The maximum atomic E-state index is 11.6. The SMILES string of the molecule is CCCOC(C(=O)CC)C(C)CCC. The predicted octanol–water partition coefficient (Wildman–Crippen LogP) is 3.20. The summed E-state index contributed by atoms with van der Waals surface area (Å²) in [6, 6.07) is 0. The zero-order valence-corrected chi connectivity index (χ0v) is 10.0. The van der Waals surface area contributed by atoms with E-state index >= 15 is 0 Å². The zero-order valence-electron chi connectivity index (χ0n) is 10.0. The minimum atomic E-state index is -0.167. The minimum absolute atomic E-state index is 0.167. The Morgan fingerprint density at radius 3 is 2.29 bits per heavy atom. The van der Waals surface area contributed by atoms with E-state index in [1.54, 1.807) is 0 Å². The average Bonchev–Trinajstić information content (AvgIpc) is 2.18. The van der Waals surface area contributed by atoms with Gasteiger partial charge in [-0.1, -0.05) is 34.1 Å². The van der Waals surface area contributed by atoms with Gasteiger partial charge in [-0.15, -0.1) is 0 Å². The molecule has 2 unspecified atom stereocenters. The highest BCUT2D eigenvalue weighted by molar-refractivity contribution is 5.83. The molecular formula is C12H24O2. The molecule has 0 heterocycles. The highest BCUT2D eigenvalue weighted by Crippen LogP contribution is 2.16. The molecule has 2 atom stereocenters. The molecule has 0 aliphatic carbocycles. The van der Waals surface area contributed by atoms with Gasteiger partial charge in [-0.2, -0.15) is 0 Å². The zero-order chi connectivity index (χ0) is 11.0. The van der Waals surface area contributed by atoms with Gasteiger partial charge < -0.3 is 4.74 Å². The molecular weight excluding hydrogens is 176 g/mol. The lowest BCUT2D eigenvalue weighted by Crippen LogP contribution is -2.31. The monoisotopic (exact) mass is 200 g/mol. The second-order valence-corrected chi connectivity index (χ2v) is 3.88. The van der Waals surface area contributed by atoms with Crippen LogP contribution in [0.4, 0.5) is 0 Å². The number of carbonyl (C=O) groups is 1. The predicted molar refractivity (Wildman–Crippen MR) is 59.4 cm³/mol. The lowest BCUT2D eigenvalue weighted by molar-refractivity contribution is -0.133. The molecule has 0 bridgehead atoms. The Labute approximate surface area is 88.0 Å². The van der Waals surface area contributed by atoms with Gasteiger partial charge in [0.15, 0.2) is 5.78 Å². The molecule has 0 aliphatic heterocycles. The van der Waals surface area contributed by atoms with E-state index < -0.39 is 0 Å². The second kappa shape index (κ2) is 7.98. The van der Waals surface area contributed by atoms with Crippen LogP contribution in [0.1, 0.15) is 53.4 Å². The van der Waals surface area contributed by atoms with Gasteiger partial charge in [0, 0.05) is 13.0 Å². The second-order valence-electron chi connectivity index (χ2n) is 3.88. The van der Waals surface area contributed by atoms with E-state index in [1.807, 2.05) is 6.92 Å². The molecule has 0 N–H and O–H groups in total. The molecule has 2 nitrogen and oxygen atoms in total. The molecule has 0 fully saturated rings. The fourth-order valence-electron chi connectivity index (χ4n) is 1.63. The Kier molecular flexibility index (Phi) is 7.77. The fourth-order valence-corrected chi connectivity index (χ4v) is 1.63. The lowest BCUT2D eigenvalue weighted by atomic mass is 9.95. The van der Waals surface area contributed by atoms with Gasteiger partial charge in [0.25, 0.3) is 0 Å². The van der Waals surface area contributed by atoms with Gasteiger partial charge in [-0.25, -0.2) is 0 Å². The summed E-state index contributed by atoms with van der Waals surface area (Å²) in [6.07, 6.45) is 3.58. The van der Waals surface area contributed by atoms with E-state index in [2.05, 4.69) is 20.8 Å². The Morgan fingerprint density at radius 1 is 1.21 bits per heavy atom. The standard InChI is InChI=1S/C12H24O2/c1-5-8-10(4)12(11(13)7-3)14-9-6-2/h10,12H,5-9H2,1-4H3. The normalized spacial score (nSPS) is 15.1. The Hall–Kier alpha value is -0.370. The molecule has 14 heavy (non-hydrogen) atoms. The third-order valence-corrected chi connectivity index (χ3v) is 2.43. The van der Waals surface area contributed by atoms with Gasteiger partial charge in [0.05, 0.1) is 0 Å². The van der Waals surface area contributed by atoms with Crippen LogP contribution >= 0.6 is 0 Å². The first kappa shape index (κ1) is 13.6. The topological polar surface area (TPSA) is 26.3 Å². The van der Waals surface area contributed by atoms with Crippen molar-refractivity contribution >= 4 is 5.78 Å². The number of carbonyl (C=O) groups excluding carboxylic acids is 1. The molecule has 0 radical (unpaired) electrons. The van der Waals surface area contributed by atoms with Crippen molar-refractivity contribution in [1.82, 2.24) is 0 Å². The minimum Gasteiger partial charge on any atom is -0.370 e. The first-order chi connectivity index (χ1) is 6.67. The van der Waals surface area contributed by atoms with E-state index in [0.29, 0.717) is 18.9 Å². The molecule has 0 amide bonds. The smallest absolute Gasteiger partial charge is 0.161 e. The Morgan fingerprint density at radius 2 is 1.86 bits per heavy atom. The van der Waals surface area contributed by atoms with Crippen LogP contribution in [0.3, 0.4) is 0 Å². The number of rotatable bonds is 8. The first-order valence-corrected chi connectivity index (χ1v) is 5.81. The molecule has 0 aliphatic rings. The summed E-state index contributed by atoms with van der Waals surface area (Å²) in [5.41, 5.74) is 0. The van der Waals surface area contributed by atoms with Gasteiger partial charge in [0.1, 0.15) is 6.10 Å². The van der Waals surface area contributed by atoms with Crippen molar-refractivity contribution in [2.24, 2.45) is 5.92 Å². The molecule has 0 aromatic carbocycles. The number of ether oxygens (including phenoxy) is 1. The summed E-state index contributed by atoms with van der Waals surface area (Å²) in [5.74, 6) is 0.610. The number of hydrogen-bond acceptors (Lipinski definition) is 2. The quantitative estimate of drug-likeness (QED) is 0.601. The van der Waals surface area contributed by atoms with E-state index in [9.17, 15) is 4.79 Å². The highest BCUT2D eigenvalue weighted by Gasteiger charge is 2.23. The number of Topliss-reactive ketones (excluding diaryl/α,β-unsaturated/α-hetero) is 1. The van der Waals surface area contributed by atoms with Crippen LogP contribution in [0.25, 0.3) is 0 Å². The summed E-state index contributed by atoms with van der Waals surface area (Å²) >= 11 is 0. The van der Waals surface area contributed by atoms with E-state index in [-0.39, 0.29) is 11.9 Å². The van der Waals surface area contributed by atoms with Gasteiger partial charge >= 0.3 is 0 Å². The number of ketones is 1. The third kappa shape index (κ3) is 4.75. The number of hydrogen-bond donors (Lipinski definition) is 0. The maximum Gasteiger partial charge on any atom is 0.161 e. The summed E-state index contributed by atoms with van der Waals surface area (Å²) in [7, 11) is 0. The van der Waals surface area contributed by atoms with E-state index in [1.165, 1.54) is 0 Å². The molecule has 0 aromatic rings. The van der Waals surface area contributed by atoms with E-state index in [4.69, 9.17) is 4.74 Å². The molecule has 0 saturated heterocycles. The van der Waals surface area contributed by atoms with Crippen molar-refractivity contribution in [3.05, 3.63) is 0 Å². The molecule has 2 heteroatoms. The van der Waals surface area contributed by atoms with Crippen LogP contribution in [0.2, 0.25) is 0 Å². The van der Waals surface area contributed by atoms with Crippen LogP contribution in [0.5, 0.6) is 0 Å². The largest absolute Gasteiger partial charge is 0.370 e.